The Morgan fingerprint density at radius 3 is 2.52 bits per heavy atom. The minimum Gasteiger partial charge on any atom is -0.293 e. The SMILES string of the molecule is Fc1cc(Br)ccc1-n1c(CCCl)nc2cc(Br)ccc21. The molecule has 3 aromatic rings. The first-order valence-corrected chi connectivity index (χ1v) is 8.40. The van der Waals surface area contributed by atoms with E-state index in [4.69, 9.17) is 11.6 Å². The van der Waals surface area contributed by atoms with Crippen molar-refractivity contribution in [2.45, 2.75) is 6.42 Å². The van der Waals surface area contributed by atoms with Crippen LogP contribution in [0.25, 0.3) is 16.7 Å². The number of alkyl halides is 1. The van der Waals surface area contributed by atoms with Crippen LogP contribution in [0.5, 0.6) is 0 Å². The molecule has 0 unspecified atom stereocenters. The third-order valence-electron chi connectivity index (χ3n) is 3.15. The monoisotopic (exact) mass is 430 g/mol. The van der Waals surface area contributed by atoms with E-state index in [0.29, 0.717) is 22.5 Å². The number of aryl methyl sites for hydroxylation is 1. The van der Waals surface area contributed by atoms with Crippen molar-refractivity contribution in [1.82, 2.24) is 9.55 Å². The predicted octanol–water partition coefficient (Wildman–Crippen LogP) is 5.47. The average molecular weight is 433 g/mol. The highest BCUT2D eigenvalue weighted by Gasteiger charge is 2.15. The Balaban J connectivity index is 2.30. The number of hydrogen-bond donors (Lipinski definition) is 0. The fourth-order valence-electron chi connectivity index (χ4n) is 2.29. The van der Waals surface area contributed by atoms with E-state index < -0.39 is 0 Å². The molecule has 0 N–H and O–H groups in total. The number of hydrogen-bond acceptors (Lipinski definition) is 1. The normalized spacial score (nSPS) is 11.2. The van der Waals surface area contributed by atoms with Gasteiger partial charge in [0.25, 0.3) is 0 Å². The Labute approximate surface area is 143 Å². The maximum atomic E-state index is 14.3. The number of fused-ring (bicyclic) bond motifs is 1. The van der Waals surface area contributed by atoms with Gasteiger partial charge in [-0.2, -0.15) is 0 Å². The number of nitrogens with zero attached hydrogens (tertiary/aromatic N) is 2. The lowest BCUT2D eigenvalue weighted by Crippen LogP contribution is -2.04. The summed E-state index contributed by atoms with van der Waals surface area (Å²) in [6, 6.07) is 10.8. The number of rotatable bonds is 3. The van der Waals surface area contributed by atoms with Crippen LogP contribution in [-0.2, 0) is 6.42 Å². The largest absolute Gasteiger partial charge is 0.293 e. The second-order valence-corrected chi connectivity index (χ2v) is 6.74. The number of imidazole rings is 1. The molecule has 1 heterocycles. The maximum absolute atomic E-state index is 14.3. The molecule has 0 aliphatic carbocycles. The van der Waals surface area contributed by atoms with Crippen LogP contribution in [0.1, 0.15) is 5.82 Å². The quantitative estimate of drug-likeness (QED) is 0.502. The van der Waals surface area contributed by atoms with Crippen molar-refractivity contribution in [3.05, 3.63) is 57.0 Å². The molecule has 0 atom stereocenters. The van der Waals surface area contributed by atoms with Gasteiger partial charge in [-0.25, -0.2) is 9.37 Å². The van der Waals surface area contributed by atoms with Crippen molar-refractivity contribution in [3.63, 3.8) is 0 Å². The first-order chi connectivity index (χ1) is 10.1. The third-order valence-corrected chi connectivity index (χ3v) is 4.33. The first kappa shape index (κ1) is 15.0. The molecule has 2 aromatic carbocycles. The smallest absolute Gasteiger partial charge is 0.148 e. The van der Waals surface area contributed by atoms with Gasteiger partial charge in [-0.1, -0.05) is 31.9 Å². The van der Waals surface area contributed by atoms with Crippen molar-refractivity contribution in [2.24, 2.45) is 0 Å². The minimum absolute atomic E-state index is 0.303. The van der Waals surface area contributed by atoms with Crippen LogP contribution in [0.3, 0.4) is 0 Å². The molecule has 0 amide bonds. The summed E-state index contributed by atoms with van der Waals surface area (Å²) >= 11 is 12.6. The molecular formula is C15H10Br2ClFN2. The molecule has 0 bridgehead atoms. The van der Waals surface area contributed by atoms with Gasteiger partial charge in [0, 0.05) is 21.2 Å². The summed E-state index contributed by atoms with van der Waals surface area (Å²) in [7, 11) is 0. The van der Waals surface area contributed by atoms with E-state index >= 15 is 0 Å². The number of aromatic nitrogens is 2. The molecule has 2 nitrogen and oxygen atoms in total. The fourth-order valence-corrected chi connectivity index (χ4v) is 3.14. The fraction of sp³-hybridized carbons (Fsp3) is 0.133. The van der Waals surface area contributed by atoms with Crippen LogP contribution >= 0.6 is 43.5 Å². The zero-order valence-corrected chi connectivity index (χ0v) is 14.7. The second-order valence-electron chi connectivity index (χ2n) is 4.53. The van der Waals surface area contributed by atoms with Gasteiger partial charge in [0.2, 0.25) is 0 Å². The van der Waals surface area contributed by atoms with Crippen LogP contribution in [-0.4, -0.2) is 15.4 Å². The Morgan fingerprint density at radius 2 is 1.81 bits per heavy atom. The molecule has 0 saturated heterocycles. The molecule has 6 heteroatoms. The van der Waals surface area contributed by atoms with Crippen LogP contribution < -0.4 is 0 Å². The van der Waals surface area contributed by atoms with E-state index in [1.807, 2.05) is 28.8 Å². The summed E-state index contributed by atoms with van der Waals surface area (Å²) in [6.45, 7) is 0. The van der Waals surface area contributed by atoms with Crippen molar-refractivity contribution < 1.29 is 4.39 Å². The molecule has 3 rings (SSSR count). The van der Waals surface area contributed by atoms with Gasteiger partial charge < -0.3 is 0 Å². The van der Waals surface area contributed by atoms with Gasteiger partial charge in [0.05, 0.1) is 16.7 Å². The Bertz CT molecular complexity index is 817. The Hall–Kier alpha value is -0.910. The van der Waals surface area contributed by atoms with Crippen molar-refractivity contribution in [3.8, 4) is 5.69 Å². The number of halogens is 4. The Morgan fingerprint density at radius 1 is 1.10 bits per heavy atom. The van der Waals surface area contributed by atoms with Crippen LogP contribution in [0.4, 0.5) is 4.39 Å². The highest BCUT2D eigenvalue weighted by atomic mass is 79.9. The highest BCUT2D eigenvalue weighted by Crippen LogP contribution is 2.27. The van der Waals surface area contributed by atoms with E-state index in [2.05, 4.69) is 36.8 Å². The van der Waals surface area contributed by atoms with Gasteiger partial charge >= 0.3 is 0 Å². The minimum atomic E-state index is -0.303. The molecule has 0 saturated carbocycles. The topological polar surface area (TPSA) is 17.8 Å². The average Bonchev–Trinajstić information content (AvgIpc) is 2.76. The van der Waals surface area contributed by atoms with E-state index in [1.165, 1.54) is 6.07 Å². The van der Waals surface area contributed by atoms with Crippen LogP contribution in [0.2, 0.25) is 0 Å². The molecular weight excluding hydrogens is 422 g/mol. The van der Waals surface area contributed by atoms with Gasteiger partial charge in [-0.3, -0.25) is 4.57 Å². The van der Waals surface area contributed by atoms with Gasteiger partial charge in [-0.05, 0) is 36.4 Å². The van der Waals surface area contributed by atoms with Gasteiger partial charge in [-0.15, -0.1) is 11.6 Å². The van der Waals surface area contributed by atoms with E-state index in [9.17, 15) is 4.39 Å². The summed E-state index contributed by atoms with van der Waals surface area (Å²) in [5.41, 5.74) is 2.15. The van der Waals surface area contributed by atoms with Gasteiger partial charge in [0.1, 0.15) is 11.6 Å². The lowest BCUT2D eigenvalue weighted by Gasteiger charge is -2.10. The molecule has 0 aliphatic rings. The van der Waals surface area contributed by atoms with Gasteiger partial charge in [0.15, 0.2) is 0 Å². The summed E-state index contributed by atoms with van der Waals surface area (Å²) < 4.78 is 17.8. The first-order valence-electron chi connectivity index (χ1n) is 6.28. The number of benzene rings is 2. The second kappa shape index (κ2) is 6.07. The molecule has 0 radical (unpaired) electrons. The van der Waals surface area contributed by atoms with Crippen LogP contribution in [0.15, 0.2) is 45.3 Å². The van der Waals surface area contributed by atoms with Crippen molar-refractivity contribution in [1.29, 1.82) is 0 Å². The molecule has 0 fully saturated rings. The third kappa shape index (κ3) is 2.87. The molecule has 108 valence electrons. The standard InChI is InChI=1S/C15H10Br2ClFN2/c16-9-1-3-13(11(19)7-9)21-14-4-2-10(17)8-12(14)20-15(21)5-6-18/h1-4,7-8H,5-6H2. The molecule has 21 heavy (non-hydrogen) atoms. The van der Waals surface area contributed by atoms with Crippen molar-refractivity contribution in [2.75, 3.05) is 5.88 Å². The summed E-state index contributed by atoms with van der Waals surface area (Å²) in [6.07, 6.45) is 0.573. The molecule has 0 spiro atoms. The summed E-state index contributed by atoms with van der Waals surface area (Å²) in [5.74, 6) is 0.879. The Kier molecular flexibility index (Phi) is 4.33. The summed E-state index contributed by atoms with van der Waals surface area (Å²) in [4.78, 5) is 4.57. The predicted molar refractivity (Wildman–Crippen MR) is 90.9 cm³/mol. The van der Waals surface area contributed by atoms with E-state index in [-0.39, 0.29) is 5.82 Å². The highest BCUT2D eigenvalue weighted by molar-refractivity contribution is 9.10. The zero-order valence-electron chi connectivity index (χ0n) is 10.8. The lowest BCUT2D eigenvalue weighted by molar-refractivity contribution is 0.616. The zero-order chi connectivity index (χ0) is 15.0. The lowest BCUT2D eigenvalue weighted by atomic mass is 10.2. The van der Waals surface area contributed by atoms with Crippen molar-refractivity contribution >= 4 is 54.5 Å². The molecule has 1 aromatic heterocycles. The van der Waals surface area contributed by atoms with E-state index in [0.717, 1.165) is 21.3 Å². The maximum Gasteiger partial charge on any atom is 0.148 e. The molecule has 0 aliphatic heterocycles. The summed E-state index contributed by atoms with van der Waals surface area (Å²) in [5, 5.41) is 0. The van der Waals surface area contributed by atoms with E-state index in [1.54, 1.807) is 6.07 Å². The van der Waals surface area contributed by atoms with Crippen LogP contribution in [0, 0.1) is 5.82 Å².